The van der Waals surface area contributed by atoms with Gasteiger partial charge in [0.25, 0.3) is 0 Å². The van der Waals surface area contributed by atoms with E-state index in [1.54, 1.807) is 0 Å². The first kappa shape index (κ1) is 13.9. The lowest BCUT2D eigenvalue weighted by Gasteiger charge is -2.33. The Morgan fingerprint density at radius 1 is 1.05 bits per heavy atom. The van der Waals surface area contributed by atoms with Crippen LogP contribution in [0.3, 0.4) is 0 Å². The summed E-state index contributed by atoms with van der Waals surface area (Å²) in [5.74, 6) is 1.49. The summed E-state index contributed by atoms with van der Waals surface area (Å²) < 4.78 is 0. The molecule has 3 fully saturated rings. The number of aliphatic hydroxyl groups excluding tert-OH is 1. The summed E-state index contributed by atoms with van der Waals surface area (Å²) in [5, 5.41) is 10.5. The van der Waals surface area contributed by atoms with Crippen LogP contribution in [-0.2, 0) is 0 Å². The van der Waals surface area contributed by atoms with Gasteiger partial charge in [0.15, 0.2) is 0 Å². The first-order valence-corrected chi connectivity index (χ1v) is 8.50. The fraction of sp³-hybridized carbons (Fsp3) is 1.00. The normalized spacial score (nSPS) is 40.3. The molecule has 110 valence electrons. The molecule has 2 nitrogen and oxygen atoms in total. The van der Waals surface area contributed by atoms with Gasteiger partial charge in [0.2, 0.25) is 0 Å². The Morgan fingerprint density at radius 3 is 2.42 bits per heavy atom. The first-order chi connectivity index (χ1) is 9.08. The summed E-state index contributed by atoms with van der Waals surface area (Å²) in [6.45, 7) is 6.91. The Balaban J connectivity index is 1.59. The Kier molecular flexibility index (Phi) is 3.92. The molecule has 2 saturated carbocycles. The fourth-order valence-corrected chi connectivity index (χ4v) is 4.95. The molecule has 0 aromatic carbocycles. The smallest absolute Gasteiger partial charge is 0.0631 e. The summed E-state index contributed by atoms with van der Waals surface area (Å²) >= 11 is 0. The van der Waals surface area contributed by atoms with Gasteiger partial charge in [-0.3, -0.25) is 4.90 Å². The van der Waals surface area contributed by atoms with E-state index in [2.05, 4.69) is 18.7 Å². The Bertz CT molecular complexity index is 308. The van der Waals surface area contributed by atoms with Crippen molar-refractivity contribution in [2.24, 2.45) is 17.3 Å². The molecule has 0 spiro atoms. The van der Waals surface area contributed by atoms with Crippen LogP contribution in [0.15, 0.2) is 0 Å². The quantitative estimate of drug-likeness (QED) is 0.845. The monoisotopic (exact) mass is 265 g/mol. The zero-order valence-electron chi connectivity index (χ0n) is 12.8. The minimum atomic E-state index is -0.0858. The van der Waals surface area contributed by atoms with Crippen molar-refractivity contribution in [2.45, 2.75) is 77.4 Å². The van der Waals surface area contributed by atoms with Crippen molar-refractivity contribution in [3.8, 4) is 0 Å². The lowest BCUT2D eigenvalue weighted by molar-refractivity contribution is 0.0275. The SMILES string of the molecule is CC1(C)CCC(CN2CCCC2C2CCCC2)C1O. The molecule has 1 heterocycles. The van der Waals surface area contributed by atoms with Gasteiger partial charge in [0.05, 0.1) is 6.10 Å². The van der Waals surface area contributed by atoms with Crippen LogP contribution < -0.4 is 0 Å². The molecule has 19 heavy (non-hydrogen) atoms. The zero-order chi connectivity index (χ0) is 13.5. The van der Waals surface area contributed by atoms with Gasteiger partial charge >= 0.3 is 0 Å². The van der Waals surface area contributed by atoms with E-state index in [0.717, 1.165) is 18.5 Å². The molecule has 0 bridgehead atoms. The number of hydrogen-bond donors (Lipinski definition) is 1. The van der Waals surface area contributed by atoms with Gasteiger partial charge in [-0.25, -0.2) is 0 Å². The third kappa shape index (κ3) is 2.71. The van der Waals surface area contributed by atoms with Crippen molar-refractivity contribution in [3.05, 3.63) is 0 Å². The van der Waals surface area contributed by atoms with Crippen LogP contribution in [-0.4, -0.2) is 35.2 Å². The third-order valence-corrected chi connectivity index (χ3v) is 6.23. The predicted octanol–water partition coefficient (Wildman–Crippen LogP) is 3.44. The molecular formula is C17H31NO. The van der Waals surface area contributed by atoms with Crippen LogP contribution in [0.25, 0.3) is 0 Å². The van der Waals surface area contributed by atoms with Gasteiger partial charge in [-0.1, -0.05) is 26.7 Å². The molecule has 0 aromatic rings. The minimum absolute atomic E-state index is 0.0858. The summed E-state index contributed by atoms with van der Waals surface area (Å²) in [5.41, 5.74) is 0.146. The van der Waals surface area contributed by atoms with Gasteiger partial charge in [-0.2, -0.15) is 0 Å². The Morgan fingerprint density at radius 2 is 1.79 bits per heavy atom. The van der Waals surface area contributed by atoms with Crippen LogP contribution >= 0.6 is 0 Å². The van der Waals surface area contributed by atoms with Gasteiger partial charge in [-0.05, 0) is 62.3 Å². The molecule has 3 atom stereocenters. The summed E-state index contributed by atoms with van der Waals surface area (Å²) in [4.78, 5) is 2.74. The minimum Gasteiger partial charge on any atom is -0.392 e. The lowest BCUT2D eigenvalue weighted by Crippen LogP contribution is -2.41. The van der Waals surface area contributed by atoms with Crippen molar-refractivity contribution >= 4 is 0 Å². The van der Waals surface area contributed by atoms with E-state index in [1.165, 1.54) is 57.9 Å². The lowest BCUT2D eigenvalue weighted by atomic mass is 9.87. The molecule has 2 aliphatic carbocycles. The zero-order valence-corrected chi connectivity index (χ0v) is 12.8. The fourth-order valence-electron chi connectivity index (χ4n) is 4.95. The summed E-state index contributed by atoms with van der Waals surface area (Å²) in [6.07, 6.45) is 11.0. The van der Waals surface area contributed by atoms with E-state index in [9.17, 15) is 5.11 Å². The third-order valence-electron chi connectivity index (χ3n) is 6.23. The average Bonchev–Trinajstić information content (AvgIpc) is 3.07. The summed E-state index contributed by atoms with van der Waals surface area (Å²) in [7, 11) is 0. The standard InChI is InChI=1S/C17H31NO/c1-17(2)10-9-14(16(17)19)12-18-11-5-8-15(18)13-6-3-4-7-13/h13-16,19H,3-12H2,1-2H3. The molecular weight excluding hydrogens is 234 g/mol. The number of nitrogens with zero attached hydrogens (tertiary/aromatic N) is 1. The largest absolute Gasteiger partial charge is 0.392 e. The topological polar surface area (TPSA) is 23.5 Å². The molecule has 2 heteroatoms. The van der Waals surface area contributed by atoms with E-state index >= 15 is 0 Å². The van der Waals surface area contributed by atoms with Crippen molar-refractivity contribution in [1.29, 1.82) is 0 Å². The van der Waals surface area contributed by atoms with E-state index in [-0.39, 0.29) is 11.5 Å². The summed E-state index contributed by atoms with van der Waals surface area (Å²) in [6, 6.07) is 0.846. The predicted molar refractivity (Wildman–Crippen MR) is 79.1 cm³/mol. The van der Waals surface area contributed by atoms with Gasteiger partial charge in [0.1, 0.15) is 0 Å². The van der Waals surface area contributed by atoms with Gasteiger partial charge in [0, 0.05) is 12.6 Å². The second kappa shape index (κ2) is 5.37. The molecule has 0 aromatic heterocycles. The van der Waals surface area contributed by atoms with E-state index < -0.39 is 0 Å². The van der Waals surface area contributed by atoms with Crippen LogP contribution in [0.2, 0.25) is 0 Å². The van der Waals surface area contributed by atoms with Crippen LogP contribution in [0.5, 0.6) is 0 Å². The van der Waals surface area contributed by atoms with Crippen LogP contribution in [0, 0.1) is 17.3 Å². The van der Waals surface area contributed by atoms with Crippen LogP contribution in [0.4, 0.5) is 0 Å². The molecule has 3 aliphatic rings. The average molecular weight is 265 g/mol. The first-order valence-electron chi connectivity index (χ1n) is 8.50. The van der Waals surface area contributed by atoms with E-state index in [0.29, 0.717) is 5.92 Å². The number of hydrogen-bond acceptors (Lipinski definition) is 2. The van der Waals surface area contributed by atoms with Gasteiger partial charge < -0.3 is 5.11 Å². The van der Waals surface area contributed by atoms with E-state index in [1.807, 2.05) is 0 Å². The Hall–Kier alpha value is -0.0800. The van der Waals surface area contributed by atoms with Crippen LogP contribution in [0.1, 0.15) is 65.2 Å². The van der Waals surface area contributed by atoms with Crippen molar-refractivity contribution < 1.29 is 5.11 Å². The van der Waals surface area contributed by atoms with E-state index in [4.69, 9.17) is 0 Å². The van der Waals surface area contributed by atoms with Crippen molar-refractivity contribution in [3.63, 3.8) is 0 Å². The Labute approximate surface area is 118 Å². The highest BCUT2D eigenvalue weighted by molar-refractivity contribution is 4.95. The molecule has 1 N–H and O–H groups in total. The highest BCUT2D eigenvalue weighted by Gasteiger charge is 2.43. The maximum Gasteiger partial charge on any atom is 0.0631 e. The molecule has 0 amide bonds. The second-order valence-electron chi connectivity index (χ2n) is 7.98. The second-order valence-corrected chi connectivity index (χ2v) is 7.98. The number of aliphatic hydroxyl groups is 1. The highest BCUT2D eigenvalue weighted by atomic mass is 16.3. The molecule has 3 rings (SSSR count). The molecule has 1 aliphatic heterocycles. The maximum atomic E-state index is 10.5. The molecule has 3 unspecified atom stereocenters. The molecule has 0 radical (unpaired) electrons. The van der Waals surface area contributed by atoms with Gasteiger partial charge in [-0.15, -0.1) is 0 Å². The molecule has 1 saturated heterocycles. The number of likely N-dealkylation sites (tertiary alicyclic amines) is 1. The van der Waals surface area contributed by atoms with Crippen molar-refractivity contribution in [2.75, 3.05) is 13.1 Å². The highest BCUT2D eigenvalue weighted by Crippen LogP contribution is 2.43. The number of rotatable bonds is 3. The van der Waals surface area contributed by atoms with Crippen molar-refractivity contribution in [1.82, 2.24) is 4.90 Å². The maximum absolute atomic E-state index is 10.5.